The van der Waals surface area contributed by atoms with Gasteiger partial charge in [0.1, 0.15) is 11.9 Å². The molecule has 1 aromatic rings. The number of ether oxygens (including phenoxy) is 2. The van der Waals surface area contributed by atoms with E-state index in [9.17, 15) is 5.11 Å². The lowest BCUT2D eigenvalue weighted by molar-refractivity contribution is 0.209. The molecule has 1 unspecified atom stereocenters. The zero-order valence-corrected chi connectivity index (χ0v) is 12.6. The number of methoxy groups -OCH3 is 1. The van der Waals surface area contributed by atoms with Gasteiger partial charge >= 0.3 is 0 Å². The average Bonchev–Trinajstić information content (AvgIpc) is 2.86. The predicted octanol–water partition coefficient (Wildman–Crippen LogP) is 4.32. The molecule has 1 heterocycles. The molecule has 0 saturated carbocycles. The Hall–Kier alpha value is -1.64. The van der Waals surface area contributed by atoms with E-state index in [-0.39, 0.29) is 11.9 Å². The summed E-state index contributed by atoms with van der Waals surface area (Å²) in [6.45, 7) is 4.15. The second-order valence-electron chi connectivity index (χ2n) is 5.26. The molecule has 1 aromatic carbocycles. The first-order valence-electron chi connectivity index (χ1n) is 7.43. The molecule has 1 aliphatic rings. The topological polar surface area (TPSA) is 38.7 Å². The van der Waals surface area contributed by atoms with Crippen LogP contribution in [-0.4, -0.2) is 18.3 Å². The van der Waals surface area contributed by atoms with Gasteiger partial charge in [0.25, 0.3) is 0 Å². The lowest BCUT2D eigenvalue weighted by Gasteiger charge is -2.12. The van der Waals surface area contributed by atoms with Crippen LogP contribution in [0.3, 0.4) is 0 Å². The molecule has 0 fully saturated rings. The average molecular weight is 276 g/mol. The monoisotopic (exact) mass is 276 g/mol. The van der Waals surface area contributed by atoms with Gasteiger partial charge in [0.2, 0.25) is 0 Å². The highest BCUT2D eigenvalue weighted by atomic mass is 16.5. The van der Waals surface area contributed by atoms with Crippen LogP contribution in [0, 0.1) is 0 Å². The van der Waals surface area contributed by atoms with Crippen molar-refractivity contribution >= 4 is 6.08 Å². The number of phenolic OH excluding ortho intramolecular Hbond substituents is 1. The Kier molecular flexibility index (Phi) is 4.94. The van der Waals surface area contributed by atoms with Crippen LogP contribution in [0.25, 0.3) is 6.08 Å². The fraction of sp³-hybridized carbons (Fsp3) is 0.529. The quantitative estimate of drug-likeness (QED) is 0.786. The van der Waals surface area contributed by atoms with Crippen molar-refractivity contribution in [1.82, 2.24) is 0 Å². The zero-order chi connectivity index (χ0) is 14.5. The van der Waals surface area contributed by atoms with Crippen LogP contribution < -0.4 is 9.47 Å². The molecule has 3 heteroatoms. The van der Waals surface area contributed by atoms with Gasteiger partial charge in [-0.15, -0.1) is 0 Å². The maximum atomic E-state index is 10.1. The van der Waals surface area contributed by atoms with Crippen molar-refractivity contribution in [3.05, 3.63) is 23.3 Å². The van der Waals surface area contributed by atoms with Crippen LogP contribution in [0.4, 0.5) is 0 Å². The summed E-state index contributed by atoms with van der Waals surface area (Å²) < 4.78 is 11.4. The number of rotatable bonds is 6. The molecule has 1 N–H and O–H groups in total. The Labute approximate surface area is 121 Å². The number of phenols is 1. The summed E-state index contributed by atoms with van der Waals surface area (Å²) in [7, 11) is 1.61. The van der Waals surface area contributed by atoms with E-state index in [4.69, 9.17) is 9.47 Å². The highest BCUT2D eigenvalue weighted by Gasteiger charge is 2.29. The minimum atomic E-state index is 0.205. The minimum absolute atomic E-state index is 0.205. The molecule has 1 aliphatic heterocycles. The molecular formula is C17H24O3. The molecule has 110 valence electrons. The van der Waals surface area contributed by atoms with Crippen molar-refractivity contribution in [2.24, 2.45) is 0 Å². The van der Waals surface area contributed by atoms with Gasteiger partial charge in [-0.05, 0) is 19.8 Å². The third-order valence-corrected chi connectivity index (χ3v) is 3.77. The molecule has 0 spiro atoms. The maximum absolute atomic E-state index is 10.1. The summed E-state index contributed by atoms with van der Waals surface area (Å²) >= 11 is 0. The maximum Gasteiger partial charge on any atom is 0.165 e. The van der Waals surface area contributed by atoms with Crippen LogP contribution in [0.15, 0.2) is 12.1 Å². The normalized spacial score (nSPS) is 17.2. The van der Waals surface area contributed by atoms with E-state index in [0.717, 1.165) is 29.7 Å². The SMILES string of the molecule is CC=Cc1c(O)cc(OC)c2c1CC(CCCCC)O2. The van der Waals surface area contributed by atoms with E-state index in [1.807, 2.05) is 19.1 Å². The van der Waals surface area contributed by atoms with Crippen molar-refractivity contribution in [3.63, 3.8) is 0 Å². The summed E-state index contributed by atoms with van der Waals surface area (Å²) in [4.78, 5) is 0. The first-order valence-corrected chi connectivity index (χ1v) is 7.43. The van der Waals surface area contributed by atoms with Crippen molar-refractivity contribution in [2.75, 3.05) is 7.11 Å². The first kappa shape index (κ1) is 14.8. The predicted molar refractivity (Wildman–Crippen MR) is 81.6 cm³/mol. The van der Waals surface area contributed by atoms with Crippen LogP contribution in [0.1, 0.15) is 50.7 Å². The Morgan fingerprint density at radius 2 is 2.25 bits per heavy atom. The van der Waals surface area contributed by atoms with Gasteiger partial charge in [-0.25, -0.2) is 0 Å². The minimum Gasteiger partial charge on any atom is -0.507 e. The summed E-state index contributed by atoms with van der Waals surface area (Å²) in [5.74, 6) is 1.69. The second kappa shape index (κ2) is 6.69. The molecule has 0 bridgehead atoms. The van der Waals surface area contributed by atoms with Crippen LogP contribution in [0.5, 0.6) is 17.2 Å². The van der Waals surface area contributed by atoms with Gasteiger partial charge in [0.15, 0.2) is 11.5 Å². The Bertz CT molecular complexity index is 491. The van der Waals surface area contributed by atoms with E-state index < -0.39 is 0 Å². The van der Waals surface area contributed by atoms with Gasteiger partial charge in [-0.3, -0.25) is 0 Å². The lowest BCUT2D eigenvalue weighted by atomic mass is 9.99. The summed E-state index contributed by atoms with van der Waals surface area (Å²) in [6.07, 6.45) is 9.62. The molecule has 0 saturated heterocycles. The van der Waals surface area contributed by atoms with E-state index in [1.165, 1.54) is 19.3 Å². The Balaban J connectivity index is 2.26. The Morgan fingerprint density at radius 3 is 2.90 bits per heavy atom. The van der Waals surface area contributed by atoms with Crippen LogP contribution in [0.2, 0.25) is 0 Å². The lowest BCUT2D eigenvalue weighted by Crippen LogP contribution is -2.12. The van der Waals surface area contributed by atoms with Gasteiger partial charge < -0.3 is 14.6 Å². The zero-order valence-electron chi connectivity index (χ0n) is 12.6. The number of benzene rings is 1. The third kappa shape index (κ3) is 2.92. The Morgan fingerprint density at radius 1 is 1.45 bits per heavy atom. The number of hydrogen-bond acceptors (Lipinski definition) is 3. The molecule has 0 aromatic heterocycles. The fourth-order valence-corrected chi connectivity index (χ4v) is 2.75. The summed E-state index contributed by atoms with van der Waals surface area (Å²) in [5.41, 5.74) is 1.93. The number of unbranched alkanes of at least 4 members (excludes halogenated alkanes) is 2. The van der Waals surface area contributed by atoms with Crippen molar-refractivity contribution in [3.8, 4) is 17.2 Å². The standard InChI is InChI=1S/C17H24O3/c1-4-6-7-9-12-10-14-13(8-5-2)15(18)11-16(19-3)17(14)20-12/h5,8,11-12,18H,4,6-7,9-10H2,1-3H3. The van der Waals surface area contributed by atoms with Gasteiger partial charge in [-0.1, -0.05) is 31.9 Å². The number of aromatic hydroxyl groups is 1. The first-order chi connectivity index (χ1) is 9.71. The van der Waals surface area contributed by atoms with E-state index in [0.29, 0.717) is 5.75 Å². The molecule has 0 amide bonds. The summed E-state index contributed by atoms with van der Waals surface area (Å²) in [5, 5.41) is 10.1. The second-order valence-corrected chi connectivity index (χ2v) is 5.26. The number of hydrogen-bond donors (Lipinski definition) is 1. The van der Waals surface area contributed by atoms with Crippen LogP contribution in [-0.2, 0) is 6.42 Å². The number of fused-ring (bicyclic) bond motifs is 1. The van der Waals surface area contributed by atoms with E-state index >= 15 is 0 Å². The summed E-state index contributed by atoms with van der Waals surface area (Å²) in [6, 6.07) is 1.64. The molecule has 1 atom stereocenters. The van der Waals surface area contributed by atoms with Crippen molar-refractivity contribution < 1.29 is 14.6 Å². The largest absolute Gasteiger partial charge is 0.507 e. The molecule has 20 heavy (non-hydrogen) atoms. The molecule has 2 rings (SSSR count). The van der Waals surface area contributed by atoms with Gasteiger partial charge in [-0.2, -0.15) is 0 Å². The van der Waals surface area contributed by atoms with Crippen molar-refractivity contribution in [2.45, 2.75) is 52.1 Å². The smallest absolute Gasteiger partial charge is 0.165 e. The highest BCUT2D eigenvalue weighted by Crippen LogP contribution is 2.45. The van der Waals surface area contributed by atoms with Gasteiger partial charge in [0.05, 0.1) is 7.11 Å². The molecule has 0 radical (unpaired) electrons. The van der Waals surface area contributed by atoms with E-state index in [2.05, 4.69) is 6.92 Å². The molecule has 0 aliphatic carbocycles. The molecular weight excluding hydrogens is 252 g/mol. The fourth-order valence-electron chi connectivity index (χ4n) is 2.75. The number of allylic oxidation sites excluding steroid dienone is 1. The van der Waals surface area contributed by atoms with Crippen molar-refractivity contribution in [1.29, 1.82) is 0 Å². The van der Waals surface area contributed by atoms with Crippen LogP contribution >= 0.6 is 0 Å². The van der Waals surface area contributed by atoms with E-state index in [1.54, 1.807) is 13.2 Å². The van der Waals surface area contributed by atoms with Gasteiger partial charge in [0, 0.05) is 23.6 Å². The third-order valence-electron chi connectivity index (χ3n) is 3.77. The highest BCUT2D eigenvalue weighted by molar-refractivity contribution is 5.69. The molecule has 3 nitrogen and oxygen atoms in total.